The first-order chi connectivity index (χ1) is 6.66. The van der Waals surface area contributed by atoms with E-state index in [-0.39, 0.29) is 18.8 Å². The fourth-order valence-corrected chi connectivity index (χ4v) is 1.52. The summed E-state index contributed by atoms with van der Waals surface area (Å²) in [6.07, 6.45) is 3.24. The molecular formula is C9H8Cl2N2O2. The first-order valence-electron chi connectivity index (χ1n) is 4.00. The number of halogens is 2. The topological polar surface area (TPSA) is 66.0 Å². The minimum absolute atomic E-state index is 0. The van der Waals surface area contributed by atoms with E-state index in [1.807, 2.05) is 0 Å². The fourth-order valence-electron chi connectivity index (χ4n) is 1.36. The standard InChI is InChI=1S/C9H7ClN2O2.ClH/c10-8-2-6-5(1-9(13)14)3-11-7(6)4-12-8;/h2-4,11H,1H2,(H,13,14);1H. The summed E-state index contributed by atoms with van der Waals surface area (Å²) in [5, 5.41) is 9.83. The van der Waals surface area contributed by atoms with Gasteiger partial charge in [0.1, 0.15) is 5.15 Å². The predicted molar refractivity (Wildman–Crippen MR) is 59.7 cm³/mol. The SMILES string of the molecule is Cl.O=C(O)Cc1c[nH]c2cnc(Cl)cc12. The zero-order chi connectivity index (χ0) is 10.1. The second kappa shape index (κ2) is 4.51. The van der Waals surface area contributed by atoms with Crippen LogP contribution < -0.4 is 0 Å². The number of hydrogen-bond acceptors (Lipinski definition) is 2. The molecule has 0 radical (unpaired) electrons. The molecule has 0 spiro atoms. The van der Waals surface area contributed by atoms with Gasteiger partial charge in [0.15, 0.2) is 0 Å². The molecule has 0 fully saturated rings. The van der Waals surface area contributed by atoms with Crippen molar-refractivity contribution in [3.8, 4) is 0 Å². The van der Waals surface area contributed by atoms with Crippen molar-refractivity contribution in [3.05, 3.63) is 29.2 Å². The van der Waals surface area contributed by atoms with Gasteiger partial charge in [0.25, 0.3) is 0 Å². The lowest BCUT2D eigenvalue weighted by molar-refractivity contribution is -0.136. The molecular weight excluding hydrogens is 239 g/mol. The number of carboxylic acid groups (broad SMARTS) is 1. The summed E-state index contributed by atoms with van der Waals surface area (Å²) in [6.45, 7) is 0. The number of rotatable bonds is 2. The van der Waals surface area contributed by atoms with Crippen LogP contribution in [0.5, 0.6) is 0 Å². The predicted octanol–water partition coefficient (Wildman–Crippen LogP) is 2.27. The van der Waals surface area contributed by atoms with Gasteiger partial charge in [0.05, 0.1) is 18.1 Å². The number of fused-ring (bicyclic) bond motifs is 1. The Labute approximate surface area is 96.7 Å². The molecule has 0 unspecified atom stereocenters. The van der Waals surface area contributed by atoms with Crippen LogP contribution in [0.25, 0.3) is 10.9 Å². The van der Waals surface area contributed by atoms with E-state index in [0.717, 1.165) is 16.5 Å². The van der Waals surface area contributed by atoms with Gasteiger partial charge in [0.2, 0.25) is 0 Å². The highest BCUT2D eigenvalue weighted by molar-refractivity contribution is 6.30. The molecule has 6 heteroatoms. The van der Waals surface area contributed by atoms with Gasteiger partial charge in [-0.3, -0.25) is 4.79 Å². The van der Waals surface area contributed by atoms with Crippen molar-refractivity contribution in [2.45, 2.75) is 6.42 Å². The third-order valence-corrected chi connectivity index (χ3v) is 2.17. The van der Waals surface area contributed by atoms with Crippen molar-refractivity contribution in [1.82, 2.24) is 9.97 Å². The summed E-state index contributed by atoms with van der Waals surface area (Å²) >= 11 is 5.71. The highest BCUT2D eigenvalue weighted by Gasteiger charge is 2.07. The van der Waals surface area contributed by atoms with E-state index in [1.54, 1.807) is 18.5 Å². The van der Waals surface area contributed by atoms with Gasteiger partial charge in [-0.1, -0.05) is 11.6 Å². The minimum Gasteiger partial charge on any atom is -0.481 e. The van der Waals surface area contributed by atoms with E-state index >= 15 is 0 Å². The minimum atomic E-state index is -0.862. The first kappa shape index (κ1) is 11.8. The summed E-state index contributed by atoms with van der Waals surface area (Å²) in [5.41, 5.74) is 1.52. The summed E-state index contributed by atoms with van der Waals surface area (Å²) in [7, 11) is 0. The molecule has 0 amide bonds. The summed E-state index contributed by atoms with van der Waals surface area (Å²) in [5.74, 6) is -0.862. The molecule has 2 heterocycles. The van der Waals surface area contributed by atoms with Crippen molar-refractivity contribution in [2.24, 2.45) is 0 Å². The van der Waals surface area contributed by atoms with Crippen molar-refractivity contribution in [3.63, 3.8) is 0 Å². The van der Waals surface area contributed by atoms with Crippen LogP contribution in [-0.4, -0.2) is 21.0 Å². The lowest BCUT2D eigenvalue weighted by atomic mass is 10.1. The number of nitrogens with one attached hydrogen (secondary N) is 1. The zero-order valence-electron chi connectivity index (χ0n) is 7.53. The second-order valence-corrected chi connectivity index (χ2v) is 3.32. The molecule has 0 aliphatic heterocycles. The van der Waals surface area contributed by atoms with Gasteiger partial charge in [-0.2, -0.15) is 0 Å². The monoisotopic (exact) mass is 246 g/mol. The molecule has 0 saturated carbocycles. The maximum Gasteiger partial charge on any atom is 0.307 e. The number of aliphatic carboxylic acids is 1. The van der Waals surface area contributed by atoms with Crippen LogP contribution in [0.1, 0.15) is 5.56 Å². The highest BCUT2D eigenvalue weighted by atomic mass is 35.5. The zero-order valence-corrected chi connectivity index (χ0v) is 9.10. The van der Waals surface area contributed by atoms with Crippen molar-refractivity contribution >= 4 is 40.9 Å². The van der Waals surface area contributed by atoms with E-state index in [4.69, 9.17) is 16.7 Å². The number of hydrogen-bond donors (Lipinski definition) is 2. The molecule has 0 aromatic carbocycles. The van der Waals surface area contributed by atoms with Gasteiger partial charge in [-0.05, 0) is 11.6 Å². The Kier molecular flexibility index (Phi) is 3.55. The Hall–Kier alpha value is -1.26. The van der Waals surface area contributed by atoms with Gasteiger partial charge in [-0.15, -0.1) is 12.4 Å². The third kappa shape index (κ3) is 2.40. The summed E-state index contributed by atoms with van der Waals surface area (Å²) < 4.78 is 0. The van der Waals surface area contributed by atoms with Crippen LogP contribution in [0.3, 0.4) is 0 Å². The first-order valence-corrected chi connectivity index (χ1v) is 4.38. The third-order valence-electron chi connectivity index (χ3n) is 1.96. The number of H-pyrrole nitrogens is 1. The van der Waals surface area contributed by atoms with Crippen LogP contribution in [0.15, 0.2) is 18.5 Å². The van der Waals surface area contributed by atoms with E-state index in [2.05, 4.69) is 9.97 Å². The number of aromatic amines is 1. The molecule has 2 aromatic rings. The van der Waals surface area contributed by atoms with Crippen LogP contribution >= 0.6 is 24.0 Å². The van der Waals surface area contributed by atoms with Gasteiger partial charge < -0.3 is 10.1 Å². The Balaban J connectivity index is 0.00000112. The average molecular weight is 247 g/mol. The molecule has 0 aliphatic carbocycles. The largest absolute Gasteiger partial charge is 0.481 e. The summed E-state index contributed by atoms with van der Waals surface area (Å²) in [4.78, 5) is 17.4. The normalized spacial score (nSPS) is 9.93. The van der Waals surface area contributed by atoms with Crippen LogP contribution in [0, 0.1) is 0 Å². The van der Waals surface area contributed by atoms with E-state index in [9.17, 15) is 4.79 Å². The van der Waals surface area contributed by atoms with E-state index in [1.165, 1.54) is 0 Å². The second-order valence-electron chi connectivity index (χ2n) is 2.94. The van der Waals surface area contributed by atoms with E-state index in [0.29, 0.717) is 5.15 Å². The van der Waals surface area contributed by atoms with Gasteiger partial charge in [0, 0.05) is 11.6 Å². The number of carbonyl (C=O) groups is 1. The molecule has 0 bridgehead atoms. The molecule has 2 N–H and O–H groups in total. The molecule has 2 aromatic heterocycles. The molecule has 0 atom stereocenters. The smallest absolute Gasteiger partial charge is 0.307 e. The molecule has 80 valence electrons. The number of aromatic nitrogens is 2. The number of nitrogens with zero attached hydrogens (tertiary/aromatic N) is 1. The number of carboxylic acids is 1. The molecule has 15 heavy (non-hydrogen) atoms. The Morgan fingerprint density at radius 3 is 3.00 bits per heavy atom. The van der Waals surface area contributed by atoms with Gasteiger partial charge in [-0.25, -0.2) is 4.98 Å². The average Bonchev–Trinajstić information content (AvgIpc) is 2.47. The van der Waals surface area contributed by atoms with Crippen LogP contribution in [0.4, 0.5) is 0 Å². The van der Waals surface area contributed by atoms with Crippen LogP contribution in [-0.2, 0) is 11.2 Å². The molecule has 0 saturated heterocycles. The van der Waals surface area contributed by atoms with Crippen molar-refractivity contribution < 1.29 is 9.90 Å². The van der Waals surface area contributed by atoms with E-state index < -0.39 is 5.97 Å². The number of pyridine rings is 1. The lowest BCUT2D eigenvalue weighted by Crippen LogP contribution is -1.98. The maximum absolute atomic E-state index is 10.5. The Bertz CT molecular complexity index is 496. The lowest BCUT2D eigenvalue weighted by Gasteiger charge is -1.94. The quantitative estimate of drug-likeness (QED) is 0.800. The summed E-state index contributed by atoms with van der Waals surface area (Å²) in [6, 6.07) is 1.66. The Morgan fingerprint density at radius 2 is 2.33 bits per heavy atom. The maximum atomic E-state index is 10.5. The fraction of sp³-hybridized carbons (Fsp3) is 0.111. The highest BCUT2D eigenvalue weighted by Crippen LogP contribution is 2.20. The van der Waals surface area contributed by atoms with Crippen molar-refractivity contribution in [1.29, 1.82) is 0 Å². The van der Waals surface area contributed by atoms with Crippen molar-refractivity contribution in [2.75, 3.05) is 0 Å². The molecule has 4 nitrogen and oxygen atoms in total. The van der Waals surface area contributed by atoms with Crippen LogP contribution in [0.2, 0.25) is 5.15 Å². The Morgan fingerprint density at radius 1 is 1.60 bits per heavy atom. The van der Waals surface area contributed by atoms with Gasteiger partial charge >= 0.3 is 5.97 Å². The molecule has 0 aliphatic rings. The molecule has 2 rings (SSSR count).